The van der Waals surface area contributed by atoms with Crippen molar-refractivity contribution in [1.29, 1.82) is 0 Å². The fraction of sp³-hybridized carbons (Fsp3) is 0.650. The van der Waals surface area contributed by atoms with Crippen LogP contribution in [0.3, 0.4) is 0 Å². The minimum atomic E-state index is -0.0764. The number of piperidine rings is 2. The molecule has 1 aromatic carbocycles. The molecular weight excluding hydrogens is 314 g/mol. The third-order valence-corrected chi connectivity index (χ3v) is 7.81. The molecule has 3 fully saturated rings. The molecule has 0 aromatic heterocycles. The van der Waals surface area contributed by atoms with Crippen LogP contribution < -0.4 is 4.90 Å². The summed E-state index contributed by atoms with van der Waals surface area (Å²) in [5.41, 5.74) is 2.94. The minimum absolute atomic E-state index is 0.0764. The minimum Gasteiger partial charge on any atom is -0.346 e. The molecule has 4 heterocycles. The highest BCUT2D eigenvalue weighted by Gasteiger charge is 2.58. The summed E-state index contributed by atoms with van der Waals surface area (Å²) < 4.78 is 0. The molecule has 0 radical (unpaired) electrons. The van der Waals surface area contributed by atoms with Gasteiger partial charge in [-0.3, -0.25) is 4.90 Å². The Labute approximate surface area is 150 Å². The van der Waals surface area contributed by atoms with Gasteiger partial charge in [0.1, 0.15) is 5.66 Å². The van der Waals surface area contributed by atoms with Crippen molar-refractivity contribution in [1.82, 2.24) is 9.80 Å². The van der Waals surface area contributed by atoms with E-state index in [0.717, 1.165) is 0 Å². The molecule has 0 amide bonds. The molecule has 0 bridgehead atoms. The summed E-state index contributed by atoms with van der Waals surface area (Å²) in [6.45, 7) is 7.20. The van der Waals surface area contributed by atoms with Crippen molar-refractivity contribution < 1.29 is 0 Å². The van der Waals surface area contributed by atoms with E-state index in [1.165, 1.54) is 43.0 Å². The van der Waals surface area contributed by atoms with Crippen LogP contribution >= 0.6 is 12.2 Å². The lowest BCUT2D eigenvalue weighted by molar-refractivity contribution is 0.0586. The zero-order valence-corrected chi connectivity index (χ0v) is 15.7. The molecule has 3 saturated heterocycles. The number of rotatable bonds is 0. The van der Waals surface area contributed by atoms with Crippen LogP contribution in [0.1, 0.15) is 44.6 Å². The first-order chi connectivity index (χ1) is 11.5. The molecule has 5 rings (SSSR count). The number of hydrogen-bond donors (Lipinski definition) is 0. The van der Waals surface area contributed by atoms with Gasteiger partial charge in [-0.25, -0.2) is 0 Å². The van der Waals surface area contributed by atoms with Gasteiger partial charge in [-0.05, 0) is 57.8 Å². The second kappa shape index (κ2) is 4.95. The Hall–Kier alpha value is -1.13. The Morgan fingerprint density at radius 3 is 2.67 bits per heavy atom. The van der Waals surface area contributed by atoms with E-state index in [9.17, 15) is 0 Å². The molecule has 128 valence electrons. The van der Waals surface area contributed by atoms with Gasteiger partial charge in [0.25, 0.3) is 0 Å². The predicted octanol–water partition coefficient (Wildman–Crippen LogP) is 3.45. The van der Waals surface area contributed by atoms with Gasteiger partial charge >= 0.3 is 0 Å². The highest BCUT2D eigenvalue weighted by atomic mass is 32.1. The summed E-state index contributed by atoms with van der Waals surface area (Å²) in [5, 5.41) is 0. The van der Waals surface area contributed by atoms with Crippen LogP contribution in [0.4, 0.5) is 5.69 Å². The van der Waals surface area contributed by atoms with Gasteiger partial charge in [0.05, 0.1) is 11.0 Å². The summed E-state index contributed by atoms with van der Waals surface area (Å²) in [7, 11) is 2.22. The van der Waals surface area contributed by atoms with Crippen molar-refractivity contribution in [3.63, 3.8) is 0 Å². The molecule has 4 aliphatic rings. The van der Waals surface area contributed by atoms with E-state index in [-0.39, 0.29) is 5.66 Å². The third kappa shape index (κ3) is 1.74. The van der Waals surface area contributed by atoms with Crippen molar-refractivity contribution in [3.05, 3.63) is 29.8 Å². The van der Waals surface area contributed by atoms with E-state index in [1.54, 1.807) is 5.56 Å². The van der Waals surface area contributed by atoms with Gasteiger partial charge in [-0.15, -0.1) is 0 Å². The summed E-state index contributed by atoms with van der Waals surface area (Å²) in [6.07, 6.45) is 3.84. The van der Waals surface area contributed by atoms with Gasteiger partial charge < -0.3 is 9.80 Å². The van der Waals surface area contributed by atoms with Crippen LogP contribution in [-0.4, -0.2) is 52.7 Å². The second-order valence-electron chi connectivity index (χ2n) is 8.48. The van der Waals surface area contributed by atoms with Gasteiger partial charge in [0.2, 0.25) is 0 Å². The molecule has 4 unspecified atom stereocenters. The Kier molecular flexibility index (Phi) is 3.12. The average Bonchev–Trinajstić information content (AvgIpc) is 2.92. The van der Waals surface area contributed by atoms with E-state index in [0.29, 0.717) is 23.9 Å². The maximum Gasteiger partial charge on any atom is 0.107 e. The SMILES string of the molecule is CN1C(=S)C2CCCN3CCC4c5ccccc5N(C4C23)C1(C)C. The normalized spacial score (nSPS) is 37.0. The summed E-state index contributed by atoms with van der Waals surface area (Å²) in [5.74, 6) is 1.20. The molecule has 0 aliphatic carbocycles. The van der Waals surface area contributed by atoms with E-state index < -0.39 is 0 Å². The fourth-order valence-electron chi connectivity index (χ4n) is 5.98. The molecule has 4 atom stereocenters. The van der Waals surface area contributed by atoms with Crippen molar-refractivity contribution in [3.8, 4) is 0 Å². The highest BCUT2D eigenvalue weighted by molar-refractivity contribution is 7.80. The second-order valence-corrected chi connectivity index (χ2v) is 8.90. The average molecular weight is 342 g/mol. The third-order valence-electron chi connectivity index (χ3n) is 7.24. The van der Waals surface area contributed by atoms with E-state index >= 15 is 0 Å². The lowest BCUT2D eigenvalue weighted by atomic mass is 9.75. The molecule has 0 saturated carbocycles. The Balaban J connectivity index is 1.74. The molecule has 1 aromatic rings. The first-order valence-electron chi connectivity index (χ1n) is 9.42. The summed E-state index contributed by atoms with van der Waals surface area (Å²) >= 11 is 6.03. The standard InChI is InChI=1S/C20H27N3S/c1-20(2)21(3)19(24)15-8-6-11-22-12-10-14-13-7-4-5-9-16(13)23(20)18(14)17(15)22/h4-5,7,9,14-15,17-18H,6,8,10-12H2,1-3H3. The van der Waals surface area contributed by atoms with E-state index in [2.05, 4.69) is 59.9 Å². The first kappa shape index (κ1) is 15.2. The quantitative estimate of drug-likeness (QED) is 0.668. The maximum atomic E-state index is 6.03. The van der Waals surface area contributed by atoms with Crippen LogP contribution in [-0.2, 0) is 0 Å². The number of nitrogens with zero attached hydrogens (tertiary/aromatic N) is 3. The number of hydrogen-bond acceptors (Lipinski definition) is 3. The van der Waals surface area contributed by atoms with Gasteiger partial charge in [0, 0.05) is 30.6 Å². The van der Waals surface area contributed by atoms with E-state index in [4.69, 9.17) is 12.2 Å². The number of fused-ring (bicyclic) bond motifs is 3. The van der Waals surface area contributed by atoms with Crippen molar-refractivity contribution >= 4 is 22.9 Å². The van der Waals surface area contributed by atoms with Gasteiger partial charge in [-0.2, -0.15) is 0 Å². The van der Waals surface area contributed by atoms with Crippen LogP contribution in [0.15, 0.2) is 24.3 Å². The van der Waals surface area contributed by atoms with Crippen LogP contribution in [0.2, 0.25) is 0 Å². The molecule has 24 heavy (non-hydrogen) atoms. The zero-order chi connectivity index (χ0) is 16.6. The van der Waals surface area contributed by atoms with Crippen molar-refractivity contribution in [2.45, 2.75) is 56.8 Å². The lowest BCUT2D eigenvalue weighted by Crippen LogP contribution is -2.63. The highest BCUT2D eigenvalue weighted by Crippen LogP contribution is 2.54. The van der Waals surface area contributed by atoms with Crippen LogP contribution in [0.25, 0.3) is 0 Å². The number of anilines is 1. The Bertz CT molecular complexity index is 700. The smallest absolute Gasteiger partial charge is 0.107 e. The molecule has 0 spiro atoms. The fourth-order valence-corrected chi connectivity index (χ4v) is 6.46. The van der Waals surface area contributed by atoms with E-state index in [1.807, 2.05) is 0 Å². The van der Waals surface area contributed by atoms with Crippen LogP contribution in [0.5, 0.6) is 0 Å². The topological polar surface area (TPSA) is 9.72 Å². The number of benzene rings is 1. The van der Waals surface area contributed by atoms with Gasteiger partial charge in [-0.1, -0.05) is 30.4 Å². The molecule has 3 nitrogen and oxygen atoms in total. The van der Waals surface area contributed by atoms with Crippen molar-refractivity contribution in [2.24, 2.45) is 5.92 Å². The largest absolute Gasteiger partial charge is 0.346 e. The predicted molar refractivity (Wildman–Crippen MR) is 103 cm³/mol. The number of thiocarbonyl (C=S) groups is 1. The summed E-state index contributed by atoms with van der Waals surface area (Å²) in [4.78, 5) is 9.06. The molecule has 4 aliphatic heterocycles. The van der Waals surface area contributed by atoms with Gasteiger partial charge in [0.15, 0.2) is 0 Å². The Morgan fingerprint density at radius 2 is 1.83 bits per heavy atom. The summed E-state index contributed by atoms with van der Waals surface area (Å²) in [6, 6.07) is 10.3. The molecule has 4 heteroatoms. The van der Waals surface area contributed by atoms with Crippen LogP contribution in [0, 0.1) is 5.92 Å². The first-order valence-corrected chi connectivity index (χ1v) is 9.82. The van der Waals surface area contributed by atoms with Crippen molar-refractivity contribution in [2.75, 3.05) is 25.0 Å². The lowest BCUT2D eigenvalue weighted by Gasteiger charge is -2.52. The molecule has 0 N–H and O–H groups in total. The molecular formula is C20H27N3S. The monoisotopic (exact) mass is 341 g/mol. The number of para-hydroxylation sites is 1. The maximum absolute atomic E-state index is 6.03. The zero-order valence-electron chi connectivity index (χ0n) is 14.9. The Morgan fingerprint density at radius 1 is 1.04 bits per heavy atom.